The van der Waals surface area contributed by atoms with Crippen LogP contribution in [0, 0.1) is 0 Å². The van der Waals surface area contributed by atoms with Crippen molar-refractivity contribution >= 4 is 10.0 Å². The molecule has 0 atom stereocenters. The third-order valence-electron chi connectivity index (χ3n) is 3.09. The van der Waals surface area contributed by atoms with Crippen LogP contribution < -0.4 is 4.74 Å². The maximum absolute atomic E-state index is 12.5. The summed E-state index contributed by atoms with van der Waals surface area (Å²) in [7, 11) is 3.62. The maximum atomic E-state index is 12.5. The average molecular weight is 300 g/mol. The molecule has 1 rings (SSSR count). The summed E-state index contributed by atoms with van der Waals surface area (Å²) in [5, 5.41) is 0. The standard InChI is InChI=1S/C14H24N2O3S/c1-15(2)11-7-8-12-16(3)20(17,18)14-10-6-5-9-13(14)19-4/h5-6,9-10H,7-8,11-12H2,1-4H3. The number of para-hydroxylation sites is 1. The Labute approximate surface area is 122 Å². The molecule has 0 unspecified atom stereocenters. The van der Waals surface area contributed by atoms with Crippen molar-refractivity contribution in [2.24, 2.45) is 0 Å². The lowest BCUT2D eigenvalue weighted by molar-refractivity contribution is 0.375. The smallest absolute Gasteiger partial charge is 0.246 e. The van der Waals surface area contributed by atoms with Gasteiger partial charge in [-0.25, -0.2) is 12.7 Å². The second kappa shape index (κ2) is 7.61. The summed E-state index contributed by atoms with van der Waals surface area (Å²) < 4.78 is 31.5. The third-order valence-corrected chi connectivity index (χ3v) is 4.98. The summed E-state index contributed by atoms with van der Waals surface area (Å²) in [4.78, 5) is 2.31. The van der Waals surface area contributed by atoms with Gasteiger partial charge >= 0.3 is 0 Å². The first-order valence-corrected chi connectivity index (χ1v) is 8.07. The van der Waals surface area contributed by atoms with E-state index in [1.807, 2.05) is 14.1 Å². The molecule has 0 spiro atoms. The largest absolute Gasteiger partial charge is 0.495 e. The zero-order valence-corrected chi connectivity index (χ0v) is 13.5. The van der Waals surface area contributed by atoms with Gasteiger partial charge < -0.3 is 9.64 Å². The molecular formula is C14H24N2O3S. The Morgan fingerprint density at radius 2 is 1.65 bits per heavy atom. The molecule has 0 radical (unpaired) electrons. The van der Waals surface area contributed by atoms with Crippen molar-refractivity contribution in [1.82, 2.24) is 9.21 Å². The number of hydrogen-bond donors (Lipinski definition) is 0. The van der Waals surface area contributed by atoms with Gasteiger partial charge in [0.2, 0.25) is 10.0 Å². The van der Waals surface area contributed by atoms with Crippen LogP contribution in [-0.2, 0) is 10.0 Å². The Hall–Kier alpha value is -1.11. The molecule has 20 heavy (non-hydrogen) atoms. The molecule has 5 nitrogen and oxygen atoms in total. The van der Waals surface area contributed by atoms with E-state index in [-0.39, 0.29) is 4.90 Å². The quantitative estimate of drug-likeness (QED) is 0.685. The zero-order valence-electron chi connectivity index (χ0n) is 12.7. The van der Waals surface area contributed by atoms with E-state index in [9.17, 15) is 8.42 Å². The third kappa shape index (κ3) is 4.47. The molecule has 0 bridgehead atoms. The summed E-state index contributed by atoms with van der Waals surface area (Å²) in [6, 6.07) is 6.70. The fraction of sp³-hybridized carbons (Fsp3) is 0.571. The molecule has 0 aliphatic heterocycles. The van der Waals surface area contributed by atoms with Crippen molar-refractivity contribution in [3.63, 3.8) is 0 Å². The SMILES string of the molecule is COc1ccccc1S(=O)(=O)N(C)CCCCN(C)C. The molecule has 0 saturated heterocycles. The molecule has 1 aromatic rings. The summed E-state index contributed by atoms with van der Waals surface area (Å²) in [5.41, 5.74) is 0. The molecular weight excluding hydrogens is 276 g/mol. The van der Waals surface area contributed by atoms with Crippen LogP contribution in [0.4, 0.5) is 0 Å². The highest BCUT2D eigenvalue weighted by Gasteiger charge is 2.23. The maximum Gasteiger partial charge on any atom is 0.246 e. The highest BCUT2D eigenvalue weighted by molar-refractivity contribution is 7.89. The molecule has 0 aliphatic carbocycles. The lowest BCUT2D eigenvalue weighted by atomic mass is 10.3. The minimum atomic E-state index is -3.49. The fourth-order valence-corrected chi connectivity index (χ4v) is 3.24. The van der Waals surface area contributed by atoms with Crippen LogP contribution in [0.3, 0.4) is 0 Å². The Morgan fingerprint density at radius 1 is 1.05 bits per heavy atom. The van der Waals surface area contributed by atoms with Gasteiger partial charge in [-0.3, -0.25) is 0 Å². The number of ether oxygens (including phenoxy) is 1. The Morgan fingerprint density at radius 3 is 2.25 bits per heavy atom. The van der Waals surface area contributed by atoms with Gasteiger partial charge in [-0.1, -0.05) is 12.1 Å². The molecule has 0 N–H and O–H groups in total. The van der Waals surface area contributed by atoms with Crippen LogP contribution in [0.15, 0.2) is 29.2 Å². The Bertz CT molecular complexity index is 515. The molecule has 0 fully saturated rings. The fourth-order valence-electron chi connectivity index (χ4n) is 1.88. The van der Waals surface area contributed by atoms with Crippen molar-refractivity contribution in [2.75, 3.05) is 41.3 Å². The second-order valence-corrected chi connectivity index (χ2v) is 7.00. The van der Waals surface area contributed by atoms with E-state index in [1.54, 1.807) is 31.3 Å². The highest BCUT2D eigenvalue weighted by atomic mass is 32.2. The van der Waals surface area contributed by atoms with Crippen LogP contribution in [0.25, 0.3) is 0 Å². The van der Waals surface area contributed by atoms with E-state index >= 15 is 0 Å². The van der Waals surface area contributed by atoms with Gasteiger partial charge in [0.25, 0.3) is 0 Å². The number of sulfonamides is 1. The van der Waals surface area contributed by atoms with Gasteiger partial charge in [-0.05, 0) is 45.6 Å². The predicted octanol–water partition coefficient (Wildman–Crippen LogP) is 1.66. The van der Waals surface area contributed by atoms with Crippen LogP contribution >= 0.6 is 0 Å². The van der Waals surface area contributed by atoms with Gasteiger partial charge in [0, 0.05) is 13.6 Å². The van der Waals surface area contributed by atoms with Crippen molar-refractivity contribution in [3.8, 4) is 5.75 Å². The average Bonchev–Trinajstić information content (AvgIpc) is 2.42. The monoisotopic (exact) mass is 300 g/mol. The van der Waals surface area contributed by atoms with Crippen molar-refractivity contribution in [3.05, 3.63) is 24.3 Å². The Balaban J connectivity index is 2.72. The molecule has 114 valence electrons. The molecule has 0 aromatic heterocycles. The number of unbranched alkanes of at least 4 members (excludes halogenated alkanes) is 1. The number of benzene rings is 1. The molecule has 0 aliphatic rings. The van der Waals surface area contributed by atoms with Gasteiger partial charge in [-0.2, -0.15) is 0 Å². The van der Waals surface area contributed by atoms with E-state index in [0.29, 0.717) is 12.3 Å². The first kappa shape index (κ1) is 16.9. The summed E-state index contributed by atoms with van der Waals surface area (Å²) in [6.45, 7) is 1.47. The van der Waals surface area contributed by atoms with Gasteiger partial charge in [0.15, 0.2) is 0 Å². The van der Waals surface area contributed by atoms with E-state index < -0.39 is 10.0 Å². The zero-order chi connectivity index (χ0) is 15.2. The molecule has 0 saturated carbocycles. The highest BCUT2D eigenvalue weighted by Crippen LogP contribution is 2.25. The normalized spacial score (nSPS) is 12.1. The number of nitrogens with zero attached hydrogens (tertiary/aromatic N) is 2. The summed E-state index contributed by atoms with van der Waals surface area (Å²) >= 11 is 0. The first-order chi connectivity index (χ1) is 9.39. The summed E-state index contributed by atoms with van der Waals surface area (Å²) in [6.07, 6.45) is 1.81. The van der Waals surface area contributed by atoms with Crippen molar-refractivity contribution in [1.29, 1.82) is 0 Å². The molecule has 0 amide bonds. The molecule has 0 heterocycles. The van der Waals surface area contributed by atoms with Crippen LogP contribution in [-0.4, -0.2) is 59.0 Å². The predicted molar refractivity (Wildman–Crippen MR) is 80.6 cm³/mol. The van der Waals surface area contributed by atoms with Crippen molar-refractivity contribution < 1.29 is 13.2 Å². The number of rotatable bonds is 8. The van der Waals surface area contributed by atoms with Gasteiger partial charge in [0.05, 0.1) is 7.11 Å². The summed E-state index contributed by atoms with van der Waals surface area (Å²) in [5.74, 6) is 0.382. The second-order valence-electron chi connectivity index (χ2n) is 4.99. The van der Waals surface area contributed by atoms with Crippen LogP contribution in [0.5, 0.6) is 5.75 Å². The van der Waals surface area contributed by atoms with Crippen LogP contribution in [0.1, 0.15) is 12.8 Å². The minimum Gasteiger partial charge on any atom is -0.495 e. The van der Waals surface area contributed by atoms with Crippen LogP contribution in [0.2, 0.25) is 0 Å². The van der Waals surface area contributed by atoms with E-state index in [0.717, 1.165) is 19.4 Å². The van der Waals surface area contributed by atoms with E-state index in [1.165, 1.54) is 11.4 Å². The number of methoxy groups -OCH3 is 1. The first-order valence-electron chi connectivity index (χ1n) is 6.63. The number of hydrogen-bond acceptors (Lipinski definition) is 4. The topological polar surface area (TPSA) is 49.9 Å². The molecule has 1 aromatic carbocycles. The molecule has 6 heteroatoms. The minimum absolute atomic E-state index is 0.220. The lowest BCUT2D eigenvalue weighted by Crippen LogP contribution is -2.28. The van der Waals surface area contributed by atoms with E-state index in [2.05, 4.69) is 4.90 Å². The van der Waals surface area contributed by atoms with Gasteiger partial charge in [-0.15, -0.1) is 0 Å². The van der Waals surface area contributed by atoms with E-state index in [4.69, 9.17) is 4.74 Å². The van der Waals surface area contributed by atoms with Crippen molar-refractivity contribution in [2.45, 2.75) is 17.7 Å². The van der Waals surface area contributed by atoms with Gasteiger partial charge in [0.1, 0.15) is 10.6 Å². The Kier molecular flexibility index (Phi) is 6.45. The lowest BCUT2D eigenvalue weighted by Gasteiger charge is -2.19.